The number of rotatable bonds is 4. The highest BCUT2D eigenvalue weighted by Gasteiger charge is 2.32. The number of aryl methyl sites for hydroxylation is 1. The Morgan fingerprint density at radius 1 is 1.11 bits per heavy atom. The summed E-state index contributed by atoms with van der Waals surface area (Å²) in [5.74, 6) is -0.331. The SMILES string of the molecule is Cc1ccc(Cl)cc1NC(=O)c1ccc(S(=O)(=O)N2CC(C)OC(C)C2)cc1. The van der Waals surface area contributed by atoms with Gasteiger partial charge < -0.3 is 10.1 Å². The normalized spacial score (nSPS) is 20.7. The Bertz CT molecular complexity index is 966. The minimum Gasteiger partial charge on any atom is -0.373 e. The Labute approximate surface area is 170 Å². The molecule has 28 heavy (non-hydrogen) atoms. The molecule has 1 aliphatic heterocycles. The van der Waals surface area contributed by atoms with Gasteiger partial charge in [0.1, 0.15) is 0 Å². The topological polar surface area (TPSA) is 75.7 Å². The van der Waals surface area contributed by atoms with E-state index in [1.165, 1.54) is 28.6 Å². The number of halogens is 1. The molecule has 1 amide bonds. The van der Waals surface area contributed by atoms with E-state index in [1.54, 1.807) is 12.1 Å². The van der Waals surface area contributed by atoms with E-state index in [2.05, 4.69) is 5.32 Å². The van der Waals surface area contributed by atoms with Crippen LogP contribution in [0, 0.1) is 6.92 Å². The number of carbonyl (C=O) groups is 1. The molecule has 8 heteroatoms. The summed E-state index contributed by atoms with van der Waals surface area (Å²) in [5.41, 5.74) is 1.86. The summed E-state index contributed by atoms with van der Waals surface area (Å²) in [6.45, 7) is 6.19. The highest BCUT2D eigenvalue weighted by atomic mass is 35.5. The van der Waals surface area contributed by atoms with Gasteiger partial charge in [0.05, 0.1) is 17.1 Å². The smallest absolute Gasteiger partial charge is 0.255 e. The Kier molecular flexibility index (Phi) is 6.09. The van der Waals surface area contributed by atoms with Crippen molar-refractivity contribution in [3.8, 4) is 0 Å². The zero-order valence-corrected chi connectivity index (χ0v) is 17.5. The van der Waals surface area contributed by atoms with E-state index in [4.69, 9.17) is 16.3 Å². The molecule has 1 fully saturated rings. The largest absolute Gasteiger partial charge is 0.373 e. The van der Waals surface area contributed by atoms with Crippen LogP contribution in [-0.2, 0) is 14.8 Å². The average Bonchev–Trinajstić information content (AvgIpc) is 2.64. The third-order valence-corrected chi connectivity index (χ3v) is 6.67. The highest BCUT2D eigenvalue weighted by molar-refractivity contribution is 7.89. The molecule has 2 aromatic rings. The molecule has 1 saturated heterocycles. The summed E-state index contributed by atoms with van der Waals surface area (Å²) in [5, 5.41) is 3.33. The zero-order valence-electron chi connectivity index (χ0n) is 16.0. The van der Waals surface area contributed by atoms with Crippen molar-refractivity contribution in [2.75, 3.05) is 18.4 Å². The van der Waals surface area contributed by atoms with Crippen molar-refractivity contribution in [1.82, 2.24) is 4.31 Å². The molecule has 0 aromatic heterocycles. The average molecular weight is 423 g/mol. The zero-order chi connectivity index (χ0) is 20.5. The number of hydrogen-bond acceptors (Lipinski definition) is 4. The number of morpholine rings is 1. The molecule has 0 spiro atoms. The van der Waals surface area contributed by atoms with Crippen molar-refractivity contribution in [1.29, 1.82) is 0 Å². The van der Waals surface area contributed by atoms with Crippen LogP contribution in [0.25, 0.3) is 0 Å². The lowest BCUT2D eigenvalue weighted by Gasteiger charge is -2.34. The lowest BCUT2D eigenvalue weighted by molar-refractivity contribution is -0.0440. The van der Waals surface area contributed by atoms with Crippen molar-refractivity contribution < 1.29 is 17.9 Å². The van der Waals surface area contributed by atoms with Gasteiger partial charge in [0, 0.05) is 29.4 Å². The predicted molar refractivity (Wildman–Crippen MR) is 109 cm³/mol. The van der Waals surface area contributed by atoms with Gasteiger partial charge in [0.15, 0.2) is 0 Å². The molecule has 0 bridgehead atoms. The molecule has 1 N–H and O–H groups in total. The number of hydrogen-bond donors (Lipinski definition) is 1. The fourth-order valence-corrected chi connectivity index (χ4v) is 4.94. The van der Waals surface area contributed by atoms with Crippen LogP contribution in [0.2, 0.25) is 5.02 Å². The first-order valence-corrected chi connectivity index (χ1v) is 10.8. The molecule has 1 aliphatic rings. The number of carbonyl (C=O) groups excluding carboxylic acids is 1. The van der Waals surface area contributed by atoms with Crippen LogP contribution in [0.5, 0.6) is 0 Å². The summed E-state index contributed by atoms with van der Waals surface area (Å²) >= 11 is 5.98. The summed E-state index contributed by atoms with van der Waals surface area (Å²) < 4.78 is 32.8. The van der Waals surface area contributed by atoms with E-state index < -0.39 is 10.0 Å². The van der Waals surface area contributed by atoms with Crippen LogP contribution in [0.1, 0.15) is 29.8 Å². The van der Waals surface area contributed by atoms with Crippen molar-refractivity contribution >= 4 is 33.2 Å². The Hall–Kier alpha value is -1.93. The van der Waals surface area contributed by atoms with Gasteiger partial charge in [-0.1, -0.05) is 17.7 Å². The predicted octanol–water partition coefficient (Wildman–Crippen LogP) is 3.70. The molecular weight excluding hydrogens is 400 g/mol. The molecule has 150 valence electrons. The molecule has 0 radical (unpaired) electrons. The minimum absolute atomic E-state index is 0.157. The fourth-order valence-electron chi connectivity index (χ4n) is 3.18. The Balaban J connectivity index is 1.77. The second-order valence-corrected chi connectivity index (χ2v) is 9.39. The molecule has 2 aromatic carbocycles. The van der Waals surface area contributed by atoms with Gasteiger partial charge in [-0.3, -0.25) is 4.79 Å². The fraction of sp³-hybridized carbons (Fsp3) is 0.350. The maximum absolute atomic E-state index is 12.9. The number of amides is 1. The maximum Gasteiger partial charge on any atom is 0.255 e. The van der Waals surface area contributed by atoms with E-state index in [-0.39, 0.29) is 23.0 Å². The summed E-state index contributed by atoms with van der Waals surface area (Å²) in [6, 6.07) is 11.2. The van der Waals surface area contributed by atoms with Crippen molar-refractivity contribution in [2.45, 2.75) is 37.9 Å². The number of benzene rings is 2. The molecule has 0 aliphatic carbocycles. The number of nitrogens with zero attached hydrogens (tertiary/aromatic N) is 1. The van der Waals surface area contributed by atoms with Crippen LogP contribution in [0.15, 0.2) is 47.4 Å². The molecule has 6 nitrogen and oxygen atoms in total. The van der Waals surface area contributed by atoms with E-state index >= 15 is 0 Å². The summed E-state index contributed by atoms with van der Waals surface area (Å²) in [7, 11) is -3.64. The van der Waals surface area contributed by atoms with Gasteiger partial charge in [-0.2, -0.15) is 4.31 Å². The molecule has 0 saturated carbocycles. The van der Waals surface area contributed by atoms with Gasteiger partial charge in [-0.15, -0.1) is 0 Å². The maximum atomic E-state index is 12.9. The van der Waals surface area contributed by atoms with Crippen LogP contribution >= 0.6 is 11.6 Å². The quantitative estimate of drug-likeness (QED) is 0.815. The summed E-state index contributed by atoms with van der Waals surface area (Å²) in [4.78, 5) is 12.7. The van der Waals surface area contributed by atoms with Gasteiger partial charge in [0.2, 0.25) is 10.0 Å². The van der Waals surface area contributed by atoms with Crippen LogP contribution in [0.4, 0.5) is 5.69 Å². The van der Waals surface area contributed by atoms with Crippen LogP contribution in [-0.4, -0.2) is 43.9 Å². The van der Waals surface area contributed by atoms with Crippen LogP contribution in [0.3, 0.4) is 0 Å². The standard InChI is InChI=1S/C20H23ClN2O4S/c1-13-4-7-17(21)10-19(13)22-20(24)16-5-8-18(9-6-16)28(25,26)23-11-14(2)27-15(3)12-23/h4-10,14-15H,11-12H2,1-3H3,(H,22,24). The van der Waals surface area contributed by atoms with Crippen molar-refractivity contribution in [3.63, 3.8) is 0 Å². The highest BCUT2D eigenvalue weighted by Crippen LogP contribution is 2.23. The number of nitrogens with one attached hydrogen (secondary N) is 1. The van der Waals surface area contributed by atoms with Crippen molar-refractivity contribution in [2.24, 2.45) is 0 Å². The molecule has 3 rings (SSSR count). The third kappa shape index (κ3) is 4.55. The first-order chi connectivity index (χ1) is 13.2. The van der Waals surface area contributed by atoms with Gasteiger partial charge in [-0.25, -0.2) is 8.42 Å². The molecular formula is C20H23ClN2O4S. The minimum atomic E-state index is -3.64. The Morgan fingerprint density at radius 2 is 1.71 bits per heavy atom. The lowest BCUT2D eigenvalue weighted by Crippen LogP contribution is -2.48. The first-order valence-electron chi connectivity index (χ1n) is 9.00. The van der Waals surface area contributed by atoms with Crippen molar-refractivity contribution in [3.05, 3.63) is 58.6 Å². The van der Waals surface area contributed by atoms with Gasteiger partial charge in [-0.05, 0) is 62.7 Å². The number of anilines is 1. The van der Waals surface area contributed by atoms with Gasteiger partial charge >= 0.3 is 0 Å². The summed E-state index contributed by atoms with van der Waals surface area (Å²) in [6.07, 6.45) is -0.325. The second kappa shape index (κ2) is 8.21. The van der Waals surface area contributed by atoms with Gasteiger partial charge in [0.25, 0.3) is 5.91 Å². The second-order valence-electron chi connectivity index (χ2n) is 7.02. The molecule has 2 atom stereocenters. The Morgan fingerprint density at radius 3 is 2.32 bits per heavy atom. The van der Waals surface area contributed by atoms with Crippen LogP contribution < -0.4 is 5.32 Å². The first kappa shape index (κ1) is 20.8. The number of sulfonamides is 1. The number of ether oxygens (including phenoxy) is 1. The molecule has 2 unspecified atom stereocenters. The van der Waals surface area contributed by atoms with E-state index in [1.807, 2.05) is 26.8 Å². The lowest BCUT2D eigenvalue weighted by atomic mass is 10.1. The van der Waals surface area contributed by atoms with E-state index in [0.29, 0.717) is 29.4 Å². The van der Waals surface area contributed by atoms with E-state index in [0.717, 1.165) is 5.56 Å². The third-order valence-electron chi connectivity index (χ3n) is 4.59. The monoisotopic (exact) mass is 422 g/mol. The van der Waals surface area contributed by atoms with E-state index in [9.17, 15) is 13.2 Å². The molecule has 1 heterocycles.